The molecular weight excluding hydrogens is 324 g/mol. The summed E-state index contributed by atoms with van der Waals surface area (Å²) < 4.78 is 11.3. The van der Waals surface area contributed by atoms with E-state index in [9.17, 15) is 0 Å². The maximum absolute atomic E-state index is 5.85. The van der Waals surface area contributed by atoms with Crippen molar-refractivity contribution < 1.29 is 9.47 Å². The van der Waals surface area contributed by atoms with Gasteiger partial charge < -0.3 is 20.9 Å². The van der Waals surface area contributed by atoms with Crippen LogP contribution in [0.4, 0.5) is 11.4 Å². The number of ether oxygens (including phenoxy) is 2. The fourth-order valence-corrected chi connectivity index (χ4v) is 2.44. The zero-order chi connectivity index (χ0) is 18.2. The second kappa shape index (κ2) is 8.62. The molecular formula is C22H22N2O2. The molecule has 4 heteroatoms. The van der Waals surface area contributed by atoms with Crippen molar-refractivity contribution in [2.75, 3.05) is 24.7 Å². The van der Waals surface area contributed by atoms with Gasteiger partial charge in [-0.3, -0.25) is 0 Å². The second-order valence-corrected chi connectivity index (χ2v) is 5.81. The Balaban J connectivity index is 1.46. The Bertz CT molecular complexity index is 859. The fourth-order valence-electron chi connectivity index (χ4n) is 2.44. The molecule has 0 amide bonds. The highest BCUT2D eigenvalue weighted by atomic mass is 16.5. The van der Waals surface area contributed by atoms with Crippen LogP contribution in [0.1, 0.15) is 11.1 Å². The van der Waals surface area contributed by atoms with Gasteiger partial charge >= 0.3 is 0 Å². The topological polar surface area (TPSA) is 70.5 Å². The minimum absolute atomic E-state index is 0.407. The molecule has 0 radical (unpaired) electrons. The zero-order valence-electron chi connectivity index (χ0n) is 14.5. The third kappa shape index (κ3) is 5.05. The van der Waals surface area contributed by atoms with E-state index in [-0.39, 0.29) is 0 Å². The maximum atomic E-state index is 5.85. The Labute approximate surface area is 153 Å². The molecule has 132 valence electrons. The van der Waals surface area contributed by atoms with Crippen LogP contribution in [-0.4, -0.2) is 13.2 Å². The lowest BCUT2D eigenvalue weighted by Crippen LogP contribution is -2.10. The van der Waals surface area contributed by atoms with Crippen LogP contribution >= 0.6 is 0 Å². The van der Waals surface area contributed by atoms with Crippen LogP contribution in [-0.2, 0) is 0 Å². The third-order valence-electron chi connectivity index (χ3n) is 3.79. The van der Waals surface area contributed by atoms with E-state index < -0.39 is 0 Å². The van der Waals surface area contributed by atoms with Gasteiger partial charge in [-0.1, -0.05) is 54.6 Å². The molecule has 0 unspecified atom stereocenters. The molecule has 3 aromatic rings. The molecule has 4 N–H and O–H groups in total. The summed E-state index contributed by atoms with van der Waals surface area (Å²) in [5.74, 6) is 1.42. The SMILES string of the molecule is Nc1ccc(OCCOc2ccc(/C=C/c3ccccc3)cc2)c(N)c1. The first kappa shape index (κ1) is 17.4. The summed E-state index contributed by atoms with van der Waals surface area (Å²) in [6.07, 6.45) is 4.16. The number of hydrogen-bond donors (Lipinski definition) is 2. The standard InChI is InChI=1S/C22H22N2O2/c23-19-10-13-22(21(24)16-19)26-15-14-25-20-11-8-18(9-12-20)7-6-17-4-2-1-3-5-17/h1-13,16H,14-15,23-24H2/b7-6+. The van der Waals surface area contributed by atoms with Crippen molar-refractivity contribution in [2.24, 2.45) is 0 Å². The van der Waals surface area contributed by atoms with Crippen molar-refractivity contribution in [3.63, 3.8) is 0 Å². The maximum Gasteiger partial charge on any atom is 0.142 e. The van der Waals surface area contributed by atoms with Crippen LogP contribution in [0.2, 0.25) is 0 Å². The van der Waals surface area contributed by atoms with Gasteiger partial charge in [0.1, 0.15) is 24.7 Å². The molecule has 0 saturated heterocycles. The van der Waals surface area contributed by atoms with Crippen LogP contribution in [0, 0.1) is 0 Å². The second-order valence-electron chi connectivity index (χ2n) is 5.81. The number of anilines is 2. The Hall–Kier alpha value is -3.40. The summed E-state index contributed by atoms with van der Waals surface area (Å²) in [4.78, 5) is 0. The van der Waals surface area contributed by atoms with Gasteiger partial charge in [0, 0.05) is 5.69 Å². The van der Waals surface area contributed by atoms with Gasteiger partial charge in [-0.05, 0) is 41.5 Å². The number of hydrogen-bond acceptors (Lipinski definition) is 4. The van der Waals surface area contributed by atoms with Gasteiger partial charge in [0.2, 0.25) is 0 Å². The summed E-state index contributed by atoms with van der Waals surface area (Å²) in [6.45, 7) is 0.840. The highest BCUT2D eigenvalue weighted by Crippen LogP contribution is 2.23. The predicted octanol–water partition coefficient (Wildman–Crippen LogP) is 4.48. The fraction of sp³-hybridized carbons (Fsp3) is 0.0909. The summed E-state index contributed by atoms with van der Waals surface area (Å²) in [5.41, 5.74) is 14.9. The van der Waals surface area contributed by atoms with Crippen molar-refractivity contribution in [1.29, 1.82) is 0 Å². The Morgan fingerprint density at radius 1 is 0.692 bits per heavy atom. The first-order chi connectivity index (χ1) is 12.7. The summed E-state index contributed by atoms with van der Waals surface area (Å²) in [5, 5.41) is 0. The molecule has 0 spiro atoms. The average Bonchev–Trinajstić information content (AvgIpc) is 2.67. The lowest BCUT2D eigenvalue weighted by Gasteiger charge is -2.10. The average molecular weight is 346 g/mol. The number of rotatable bonds is 7. The molecule has 0 aliphatic rings. The molecule has 3 aromatic carbocycles. The lowest BCUT2D eigenvalue weighted by molar-refractivity contribution is 0.218. The van der Waals surface area contributed by atoms with E-state index in [0.29, 0.717) is 30.3 Å². The van der Waals surface area contributed by atoms with Gasteiger partial charge in [-0.2, -0.15) is 0 Å². The quantitative estimate of drug-likeness (QED) is 0.376. The molecule has 0 saturated carbocycles. The zero-order valence-corrected chi connectivity index (χ0v) is 14.5. The molecule has 0 aliphatic heterocycles. The summed E-state index contributed by atoms with van der Waals surface area (Å²) >= 11 is 0. The number of nitrogen functional groups attached to an aromatic ring is 2. The van der Waals surface area contributed by atoms with E-state index in [2.05, 4.69) is 24.3 Å². The summed E-state index contributed by atoms with van der Waals surface area (Å²) in [6, 6.07) is 23.3. The van der Waals surface area contributed by atoms with Crippen LogP contribution in [0.15, 0.2) is 72.8 Å². The van der Waals surface area contributed by atoms with E-state index in [4.69, 9.17) is 20.9 Å². The smallest absolute Gasteiger partial charge is 0.142 e. The molecule has 0 atom stereocenters. The highest BCUT2D eigenvalue weighted by molar-refractivity contribution is 5.69. The van der Waals surface area contributed by atoms with Crippen LogP contribution in [0.3, 0.4) is 0 Å². The third-order valence-corrected chi connectivity index (χ3v) is 3.79. The van der Waals surface area contributed by atoms with Crippen molar-refractivity contribution in [1.82, 2.24) is 0 Å². The van der Waals surface area contributed by atoms with Crippen LogP contribution in [0.25, 0.3) is 12.2 Å². The van der Waals surface area contributed by atoms with Gasteiger partial charge in [0.05, 0.1) is 5.69 Å². The van der Waals surface area contributed by atoms with Crippen molar-refractivity contribution in [3.05, 3.63) is 83.9 Å². The first-order valence-electron chi connectivity index (χ1n) is 8.44. The van der Waals surface area contributed by atoms with E-state index in [1.807, 2.05) is 42.5 Å². The van der Waals surface area contributed by atoms with Gasteiger partial charge in [0.15, 0.2) is 0 Å². The van der Waals surface area contributed by atoms with Crippen molar-refractivity contribution >= 4 is 23.5 Å². The lowest BCUT2D eigenvalue weighted by atomic mass is 10.1. The van der Waals surface area contributed by atoms with Gasteiger partial charge in [0.25, 0.3) is 0 Å². The number of benzene rings is 3. The number of nitrogens with two attached hydrogens (primary N) is 2. The molecule has 4 nitrogen and oxygen atoms in total. The minimum atomic E-state index is 0.407. The van der Waals surface area contributed by atoms with Crippen LogP contribution < -0.4 is 20.9 Å². The Morgan fingerprint density at radius 2 is 1.35 bits per heavy atom. The minimum Gasteiger partial charge on any atom is -0.490 e. The molecule has 0 aromatic heterocycles. The highest BCUT2D eigenvalue weighted by Gasteiger charge is 2.01. The van der Waals surface area contributed by atoms with E-state index in [1.54, 1.807) is 18.2 Å². The van der Waals surface area contributed by atoms with Crippen LogP contribution in [0.5, 0.6) is 11.5 Å². The summed E-state index contributed by atoms with van der Waals surface area (Å²) in [7, 11) is 0. The van der Waals surface area contributed by atoms with Gasteiger partial charge in [-0.15, -0.1) is 0 Å². The van der Waals surface area contributed by atoms with Crippen molar-refractivity contribution in [2.45, 2.75) is 0 Å². The van der Waals surface area contributed by atoms with E-state index in [1.165, 1.54) is 5.56 Å². The molecule has 0 aliphatic carbocycles. The first-order valence-corrected chi connectivity index (χ1v) is 8.44. The monoisotopic (exact) mass is 346 g/mol. The van der Waals surface area contributed by atoms with Crippen molar-refractivity contribution in [3.8, 4) is 11.5 Å². The molecule has 3 rings (SSSR count). The van der Waals surface area contributed by atoms with E-state index >= 15 is 0 Å². The Morgan fingerprint density at radius 3 is 2.04 bits per heavy atom. The molecule has 0 fully saturated rings. The van der Waals surface area contributed by atoms with E-state index in [0.717, 1.165) is 11.3 Å². The molecule has 26 heavy (non-hydrogen) atoms. The largest absolute Gasteiger partial charge is 0.490 e. The molecule has 0 heterocycles. The molecule has 0 bridgehead atoms. The Kier molecular flexibility index (Phi) is 5.78. The van der Waals surface area contributed by atoms with Gasteiger partial charge in [-0.25, -0.2) is 0 Å². The predicted molar refractivity (Wildman–Crippen MR) is 108 cm³/mol. The normalized spacial score (nSPS) is 10.8.